The van der Waals surface area contributed by atoms with E-state index in [9.17, 15) is 9.59 Å². The molecule has 0 atom stereocenters. The Labute approximate surface area is 137 Å². The number of benzene rings is 1. The van der Waals surface area contributed by atoms with Crippen molar-refractivity contribution in [3.63, 3.8) is 0 Å². The number of hydrogen-bond donors (Lipinski definition) is 1. The van der Waals surface area contributed by atoms with Crippen molar-refractivity contribution in [3.8, 4) is 5.75 Å². The Morgan fingerprint density at radius 3 is 2.71 bits per heavy atom. The molecule has 2 heterocycles. The van der Waals surface area contributed by atoms with Crippen molar-refractivity contribution < 1.29 is 19.1 Å². The zero-order valence-corrected chi connectivity index (χ0v) is 13.1. The zero-order chi connectivity index (χ0) is 17.1. The van der Waals surface area contributed by atoms with Gasteiger partial charge in [0.05, 0.1) is 31.0 Å². The molecule has 3 aromatic rings. The summed E-state index contributed by atoms with van der Waals surface area (Å²) in [6.45, 7) is 0. The van der Waals surface area contributed by atoms with Gasteiger partial charge in [-0.05, 0) is 30.3 Å². The Kier molecular flexibility index (Phi) is 4.15. The van der Waals surface area contributed by atoms with Gasteiger partial charge in [0.25, 0.3) is 5.91 Å². The lowest BCUT2D eigenvalue weighted by Crippen LogP contribution is -2.16. The summed E-state index contributed by atoms with van der Waals surface area (Å²) < 4.78 is 11.6. The number of ether oxygens (including phenoxy) is 2. The first-order valence-corrected chi connectivity index (χ1v) is 7.13. The molecule has 0 radical (unpaired) electrons. The summed E-state index contributed by atoms with van der Waals surface area (Å²) in [5.41, 5.74) is 1.47. The van der Waals surface area contributed by atoms with Crippen LogP contribution in [0.25, 0.3) is 5.65 Å². The molecule has 0 bridgehead atoms. The van der Waals surface area contributed by atoms with Crippen LogP contribution in [0, 0.1) is 0 Å². The molecule has 0 saturated carbocycles. The smallest absolute Gasteiger partial charge is 0.340 e. The van der Waals surface area contributed by atoms with Crippen molar-refractivity contribution in [3.05, 3.63) is 60.0 Å². The van der Waals surface area contributed by atoms with Gasteiger partial charge in [-0.3, -0.25) is 4.79 Å². The maximum atomic E-state index is 12.6. The fourth-order valence-electron chi connectivity index (χ4n) is 2.35. The lowest BCUT2D eigenvalue weighted by Gasteiger charge is -2.11. The summed E-state index contributed by atoms with van der Waals surface area (Å²) in [6.07, 6.45) is 5.16. The number of fused-ring (bicyclic) bond motifs is 1. The third-order valence-electron chi connectivity index (χ3n) is 3.54. The minimum absolute atomic E-state index is 0.209. The molecule has 0 unspecified atom stereocenters. The minimum Gasteiger partial charge on any atom is -0.497 e. The van der Waals surface area contributed by atoms with Crippen molar-refractivity contribution in [2.45, 2.75) is 0 Å². The lowest BCUT2D eigenvalue weighted by atomic mass is 10.1. The topological polar surface area (TPSA) is 81.9 Å². The van der Waals surface area contributed by atoms with Crippen molar-refractivity contribution in [1.29, 1.82) is 0 Å². The number of carbonyl (C=O) groups excluding carboxylic acids is 2. The highest BCUT2D eigenvalue weighted by molar-refractivity contribution is 6.10. The normalized spacial score (nSPS) is 10.4. The predicted molar refractivity (Wildman–Crippen MR) is 87.5 cm³/mol. The molecule has 1 N–H and O–H groups in total. The van der Waals surface area contributed by atoms with Crippen LogP contribution in [-0.4, -0.2) is 35.5 Å². The average molecular weight is 325 g/mol. The molecule has 2 aromatic heterocycles. The standard InChI is InChI=1S/C17H15N3O4/c1-23-11-5-6-14(13(10-11)17(22)24-2)19-16(21)12-4-3-8-20-9-7-18-15(12)20/h3-10H,1-2H3,(H,19,21). The maximum absolute atomic E-state index is 12.6. The van der Waals surface area contributed by atoms with Gasteiger partial charge in [0.1, 0.15) is 11.4 Å². The van der Waals surface area contributed by atoms with Crippen LogP contribution >= 0.6 is 0 Å². The molecular formula is C17H15N3O4. The number of anilines is 1. The van der Waals surface area contributed by atoms with Crippen molar-refractivity contribution in [2.24, 2.45) is 0 Å². The largest absolute Gasteiger partial charge is 0.497 e. The van der Waals surface area contributed by atoms with E-state index in [2.05, 4.69) is 10.3 Å². The van der Waals surface area contributed by atoms with Crippen LogP contribution in [0.4, 0.5) is 5.69 Å². The Bertz CT molecular complexity index is 917. The molecule has 24 heavy (non-hydrogen) atoms. The van der Waals surface area contributed by atoms with Crippen LogP contribution in [0.3, 0.4) is 0 Å². The van der Waals surface area contributed by atoms with Gasteiger partial charge < -0.3 is 19.2 Å². The second-order valence-corrected chi connectivity index (χ2v) is 4.94. The van der Waals surface area contributed by atoms with E-state index in [0.717, 1.165) is 0 Å². The first kappa shape index (κ1) is 15.5. The van der Waals surface area contributed by atoms with E-state index < -0.39 is 5.97 Å². The van der Waals surface area contributed by atoms with Crippen LogP contribution in [0.15, 0.2) is 48.9 Å². The number of imidazole rings is 1. The fourth-order valence-corrected chi connectivity index (χ4v) is 2.35. The van der Waals surface area contributed by atoms with Crippen molar-refractivity contribution in [2.75, 3.05) is 19.5 Å². The number of carbonyl (C=O) groups is 2. The number of aromatic nitrogens is 2. The van der Waals surface area contributed by atoms with Crippen molar-refractivity contribution >= 4 is 23.2 Å². The maximum Gasteiger partial charge on any atom is 0.340 e. The minimum atomic E-state index is -0.566. The third kappa shape index (κ3) is 2.79. The highest BCUT2D eigenvalue weighted by atomic mass is 16.5. The first-order valence-electron chi connectivity index (χ1n) is 7.13. The lowest BCUT2D eigenvalue weighted by molar-refractivity contribution is 0.0601. The highest BCUT2D eigenvalue weighted by Crippen LogP contribution is 2.24. The fraction of sp³-hybridized carbons (Fsp3) is 0.118. The number of esters is 1. The number of nitrogens with zero attached hydrogens (tertiary/aromatic N) is 2. The second-order valence-electron chi connectivity index (χ2n) is 4.94. The Hall–Kier alpha value is -3.35. The number of nitrogens with one attached hydrogen (secondary N) is 1. The summed E-state index contributed by atoms with van der Waals surface area (Å²) >= 11 is 0. The van der Waals surface area contributed by atoms with Gasteiger partial charge in [0.15, 0.2) is 0 Å². The summed E-state index contributed by atoms with van der Waals surface area (Å²) in [5.74, 6) is -0.450. The molecule has 0 fully saturated rings. The van der Waals surface area contributed by atoms with E-state index in [-0.39, 0.29) is 11.5 Å². The predicted octanol–water partition coefficient (Wildman–Crippen LogP) is 2.38. The molecular weight excluding hydrogens is 310 g/mol. The molecule has 3 rings (SSSR count). The molecule has 7 heteroatoms. The Morgan fingerprint density at radius 2 is 1.96 bits per heavy atom. The van der Waals surface area contributed by atoms with Gasteiger partial charge >= 0.3 is 5.97 Å². The van der Waals surface area contributed by atoms with E-state index in [1.807, 2.05) is 0 Å². The summed E-state index contributed by atoms with van der Waals surface area (Å²) in [6, 6.07) is 8.17. The Balaban J connectivity index is 1.97. The molecule has 122 valence electrons. The number of pyridine rings is 1. The van der Waals surface area contributed by atoms with Crippen LogP contribution in [0.5, 0.6) is 5.75 Å². The molecule has 0 spiro atoms. The number of amides is 1. The van der Waals surface area contributed by atoms with Gasteiger partial charge in [-0.1, -0.05) is 0 Å². The van der Waals surface area contributed by atoms with Gasteiger partial charge in [0.2, 0.25) is 0 Å². The summed E-state index contributed by atoms with van der Waals surface area (Å²) in [7, 11) is 2.77. The monoisotopic (exact) mass is 325 g/mol. The van der Waals surface area contributed by atoms with E-state index in [1.165, 1.54) is 20.3 Å². The van der Waals surface area contributed by atoms with Crippen molar-refractivity contribution in [1.82, 2.24) is 9.38 Å². The molecule has 0 aliphatic heterocycles. The number of methoxy groups -OCH3 is 2. The number of hydrogen-bond acceptors (Lipinski definition) is 5. The third-order valence-corrected chi connectivity index (χ3v) is 3.54. The van der Waals surface area contributed by atoms with Gasteiger partial charge in [0, 0.05) is 18.6 Å². The molecule has 0 aliphatic rings. The van der Waals surface area contributed by atoms with Gasteiger partial charge in [-0.25, -0.2) is 9.78 Å². The van der Waals surface area contributed by atoms with Gasteiger partial charge in [-0.15, -0.1) is 0 Å². The van der Waals surface area contributed by atoms with Crippen LogP contribution in [-0.2, 0) is 4.74 Å². The SMILES string of the molecule is COC(=O)c1cc(OC)ccc1NC(=O)c1cccn2ccnc12. The van der Waals surface area contributed by atoms with E-state index >= 15 is 0 Å². The average Bonchev–Trinajstić information content (AvgIpc) is 3.09. The zero-order valence-electron chi connectivity index (χ0n) is 13.1. The van der Waals surface area contributed by atoms with Crippen LogP contribution in [0.2, 0.25) is 0 Å². The van der Waals surface area contributed by atoms with Crippen LogP contribution < -0.4 is 10.1 Å². The van der Waals surface area contributed by atoms with E-state index in [1.54, 1.807) is 47.3 Å². The quantitative estimate of drug-likeness (QED) is 0.745. The molecule has 7 nitrogen and oxygen atoms in total. The van der Waals surface area contributed by atoms with E-state index in [4.69, 9.17) is 9.47 Å². The first-order chi connectivity index (χ1) is 11.6. The molecule has 1 aromatic carbocycles. The summed E-state index contributed by atoms with van der Waals surface area (Å²) in [5, 5.41) is 2.73. The number of rotatable bonds is 4. The van der Waals surface area contributed by atoms with E-state index in [0.29, 0.717) is 22.6 Å². The molecule has 1 amide bonds. The van der Waals surface area contributed by atoms with Crippen LogP contribution in [0.1, 0.15) is 20.7 Å². The molecule has 0 aliphatic carbocycles. The highest BCUT2D eigenvalue weighted by Gasteiger charge is 2.17. The molecule has 0 saturated heterocycles. The summed E-state index contributed by atoms with van der Waals surface area (Å²) in [4.78, 5) is 28.7. The Morgan fingerprint density at radius 1 is 1.12 bits per heavy atom. The van der Waals surface area contributed by atoms with Gasteiger partial charge in [-0.2, -0.15) is 0 Å². The second kappa shape index (κ2) is 6.41.